The topological polar surface area (TPSA) is 57.8 Å². The van der Waals surface area contributed by atoms with E-state index in [9.17, 15) is 4.79 Å². The Morgan fingerprint density at radius 2 is 2.41 bits per heavy atom. The predicted molar refractivity (Wildman–Crippen MR) is 68.0 cm³/mol. The van der Waals surface area contributed by atoms with Gasteiger partial charge < -0.3 is 5.32 Å². The first kappa shape index (κ1) is 10.7. The molecule has 1 fully saturated rings. The summed E-state index contributed by atoms with van der Waals surface area (Å²) in [7, 11) is 0. The van der Waals surface area contributed by atoms with Gasteiger partial charge in [0.2, 0.25) is 0 Å². The summed E-state index contributed by atoms with van der Waals surface area (Å²) in [5.41, 5.74) is 1.50. The number of aromatic nitrogens is 2. The molecule has 0 saturated heterocycles. The van der Waals surface area contributed by atoms with Gasteiger partial charge in [0.05, 0.1) is 4.88 Å². The Labute approximate surface area is 103 Å². The van der Waals surface area contributed by atoms with E-state index >= 15 is 0 Å². The fourth-order valence-electron chi connectivity index (χ4n) is 1.67. The summed E-state index contributed by atoms with van der Waals surface area (Å²) in [5, 5.41) is 12.0. The third kappa shape index (κ3) is 2.45. The molecule has 1 saturated carbocycles. The van der Waals surface area contributed by atoms with Crippen LogP contribution < -0.4 is 10.9 Å². The highest BCUT2D eigenvalue weighted by Gasteiger charge is 2.20. The molecule has 1 aliphatic carbocycles. The van der Waals surface area contributed by atoms with E-state index in [-0.39, 0.29) is 5.56 Å². The SMILES string of the molecule is O=c1[nH]nc(-c2cccs2)cc1CNC1CC1. The van der Waals surface area contributed by atoms with Crippen molar-refractivity contribution >= 4 is 11.3 Å². The zero-order valence-electron chi connectivity index (χ0n) is 9.27. The van der Waals surface area contributed by atoms with Gasteiger partial charge in [-0.2, -0.15) is 5.10 Å². The van der Waals surface area contributed by atoms with Crippen LogP contribution in [-0.2, 0) is 6.54 Å². The summed E-state index contributed by atoms with van der Waals surface area (Å²) >= 11 is 1.62. The molecule has 2 aromatic heterocycles. The van der Waals surface area contributed by atoms with Crippen LogP contribution in [0.2, 0.25) is 0 Å². The number of thiophene rings is 1. The molecule has 0 unspecified atom stereocenters. The molecule has 0 aromatic carbocycles. The van der Waals surface area contributed by atoms with Crippen LogP contribution in [0.25, 0.3) is 10.6 Å². The first-order valence-electron chi connectivity index (χ1n) is 5.69. The van der Waals surface area contributed by atoms with Gasteiger partial charge in [0.15, 0.2) is 0 Å². The van der Waals surface area contributed by atoms with Crippen molar-refractivity contribution in [1.82, 2.24) is 15.5 Å². The van der Waals surface area contributed by atoms with Gasteiger partial charge in [-0.3, -0.25) is 4.79 Å². The molecule has 88 valence electrons. The predicted octanol–water partition coefficient (Wildman–Crippen LogP) is 1.75. The molecule has 1 aliphatic rings. The van der Waals surface area contributed by atoms with Crippen molar-refractivity contribution in [3.8, 4) is 10.6 Å². The highest BCUT2D eigenvalue weighted by molar-refractivity contribution is 7.13. The van der Waals surface area contributed by atoms with E-state index in [1.54, 1.807) is 11.3 Å². The molecule has 0 aliphatic heterocycles. The molecule has 4 nitrogen and oxygen atoms in total. The fourth-order valence-corrected chi connectivity index (χ4v) is 2.36. The van der Waals surface area contributed by atoms with Crippen LogP contribution in [0, 0.1) is 0 Å². The normalized spacial score (nSPS) is 15.1. The van der Waals surface area contributed by atoms with Crippen molar-refractivity contribution in [2.45, 2.75) is 25.4 Å². The highest BCUT2D eigenvalue weighted by atomic mass is 32.1. The minimum Gasteiger partial charge on any atom is -0.310 e. The quantitative estimate of drug-likeness (QED) is 0.865. The minimum atomic E-state index is -0.0987. The van der Waals surface area contributed by atoms with Gasteiger partial charge in [0.25, 0.3) is 5.56 Å². The first-order valence-corrected chi connectivity index (χ1v) is 6.57. The second kappa shape index (κ2) is 4.43. The van der Waals surface area contributed by atoms with Crippen molar-refractivity contribution in [2.75, 3.05) is 0 Å². The molecule has 17 heavy (non-hydrogen) atoms. The monoisotopic (exact) mass is 247 g/mol. The number of hydrogen-bond donors (Lipinski definition) is 2. The molecule has 2 N–H and O–H groups in total. The number of H-pyrrole nitrogens is 1. The Kier molecular flexibility index (Phi) is 2.78. The summed E-state index contributed by atoms with van der Waals surface area (Å²) in [6, 6.07) is 6.46. The number of rotatable bonds is 4. The summed E-state index contributed by atoms with van der Waals surface area (Å²) in [6.07, 6.45) is 2.45. The van der Waals surface area contributed by atoms with Gasteiger partial charge in [-0.25, -0.2) is 5.10 Å². The lowest BCUT2D eigenvalue weighted by Gasteiger charge is -2.03. The number of nitrogens with zero attached hydrogens (tertiary/aromatic N) is 1. The van der Waals surface area contributed by atoms with Crippen molar-refractivity contribution in [3.63, 3.8) is 0 Å². The Hall–Kier alpha value is -1.46. The molecular formula is C12H13N3OS. The number of hydrogen-bond acceptors (Lipinski definition) is 4. The average molecular weight is 247 g/mol. The van der Waals surface area contributed by atoms with Crippen molar-refractivity contribution in [2.24, 2.45) is 0 Å². The van der Waals surface area contributed by atoms with Crippen molar-refractivity contribution in [3.05, 3.63) is 39.5 Å². The summed E-state index contributed by atoms with van der Waals surface area (Å²) in [5.74, 6) is 0. The molecule has 2 heterocycles. The van der Waals surface area contributed by atoms with E-state index in [0.717, 1.165) is 16.1 Å². The summed E-state index contributed by atoms with van der Waals surface area (Å²) in [6.45, 7) is 0.626. The number of nitrogens with one attached hydrogen (secondary N) is 2. The van der Waals surface area contributed by atoms with E-state index in [1.165, 1.54) is 12.8 Å². The van der Waals surface area contributed by atoms with Crippen molar-refractivity contribution < 1.29 is 0 Å². The van der Waals surface area contributed by atoms with Crippen LogP contribution >= 0.6 is 11.3 Å². The maximum Gasteiger partial charge on any atom is 0.268 e. The molecule has 0 radical (unpaired) electrons. The summed E-state index contributed by atoms with van der Waals surface area (Å²) in [4.78, 5) is 12.7. The first-order chi connectivity index (χ1) is 8.33. The van der Waals surface area contributed by atoms with E-state index in [2.05, 4.69) is 15.5 Å². The van der Waals surface area contributed by atoms with Crippen LogP contribution in [0.1, 0.15) is 18.4 Å². The molecule has 0 bridgehead atoms. The van der Waals surface area contributed by atoms with E-state index < -0.39 is 0 Å². The van der Waals surface area contributed by atoms with E-state index in [4.69, 9.17) is 0 Å². The van der Waals surface area contributed by atoms with E-state index in [0.29, 0.717) is 12.6 Å². The minimum absolute atomic E-state index is 0.0987. The molecule has 3 rings (SSSR count). The fraction of sp³-hybridized carbons (Fsp3) is 0.333. The zero-order chi connectivity index (χ0) is 11.7. The molecule has 0 atom stereocenters. The molecule has 0 spiro atoms. The molecule has 0 amide bonds. The van der Waals surface area contributed by atoms with Gasteiger partial charge in [0, 0.05) is 18.2 Å². The Morgan fingerprint density at radius 3 is 3.12 bits per heavy atom. The van der Waals surface area contributed by atoms with Crippen LogP contribution in [0.15, 0.2) is 28.4 Å². The second-order valence-corrected chi connectivity index (χ2v) is 5.19. The van der Waals surface area contributed by atoms with Gasteiger partial charge in [-0.05, 0) is 30.4 Å². The molecule has 5 heteroatoms. The third-order valence-corrected chi connectivity index (χ3v) is 3.71. The maximum atomic E-state index is 11.6. The lowest BCUT2D eigenvalue weighted by Crippen LogP contribution is -2.23. The van der Waals surface area contributed by atoms with Gasteiger partial charge >= 0.3 is 0 Å². The number of aromatic amines is 1. The third-order valence-electron chi connectivity index (χ3n) is 2.81. The largest absolute Gasteiger partial charge is 0.310 e. The Morgan fingerprint density at radius 1 is 1.53 bits per heavy atom. The lowest BCUT2D eigenvalue weighted by molar-refractivity contribution is 0.679. The summed E-state index contributed by atoms with van der Waals surface area (Å²) < 4.78 is 0. The van der Waals surface area contributed by atoms with Gasteiger partial charge in [-0.1, -0.05) is 6.07 Å². The average Bonchev–Trinajstić information content (AvgIpc) is 3.00. The lowest BCUT2D eigenvalue weighted by atomic mass is 10.2. The van der Waals surface area contributed by atoms with Crippen LogP contribution in [0.5, 0.6) is 0 Å². The smallest absolute Gasteiger partial charge is 0.268 e. The Balaban J connectivity index is 1.86. The van der Waals surface area contributed by atoms with Crippen LogP contribution in [-0.4, -0.2) is 16.2 Å². The molecular weight excluding hydrogens is 234 g/mol. The molecule has 2 aromatic rings. The van der Waals surface area contributed by atoms with Crippen molar-refractivity contribution in [1.29, 1.82) is 0 Å². The highest BCUT2D eigenvalue weighted by Crippen LogP contribution is 2.22. The Bertz CT molecular complexity index is 557. The maximum absolute atomic E-state index is 11.6. The zero-order valence-corrected chi connectivity index (χ0v) is 10.1. The van der Waals surface area contributed by atoms with Crippen LogP contribution in [0.3, 0.4) is 0 Å². The second-order valence-electron chi connectivity index (χ2n) is 4.24. The van der Waals surface area contributed by atoms with Gasteiger partial charge in [0.1, 0.15) is 5.69 Å². The van der Waals surface area contributed by atoms with E-state index in [1.807, 2.05) is 23.6 Å². The van der Waals surface area contributed by atoms with Gasteiger partial charge in [-0.15, -0.1) is 11.3 Å². The standard InChI is InChI=1S/C12H13N3OS/c16-12-8(7-13-9-3-4-9)6-10(14-15-12)11-2-1-5-17-11/h1-2,5-6,9,13H,3-4,7H2,(H,15,16). The van der Waals surface area contributed by atoms with Crippen LogP contribution in [0.4, 0.5) is 0 Å².